The van der Waals surface area contributed by atoms with E-state index in [1.54, 1.807) is 24.6 Å². The number of rotatable bonds is 5. The normalized spacial score (nSPS) is 10.2. The molecule has 1 N–H and O–H groups in total. The van der Waals surface area contributed by atoms with Gasteiger partial charge in [0.15, 0.2) is 0 Å². The summed E-state index contributed by atoms with van der Waals surface area (Å²) in [5.74, 6) is 0.623. The molecule has 0 spiro atoms. The van der Waals surface area contributed by atoms with Gasteiger partial charge in [0.1, 0.15) is 5.01 Å². The number of methoxy groups -OCH3 is 1. The van der Waals surface area contributed by atoms with Crippen molar-refractivity contribution in [3.63, 3.8) is 0 Å². The highest BCUT2D eigenvalue weighted by molar-refractivity contribution is 7.15. The molecule has 0 fully saturated rings. The Labute approximate surface area is 104 Å². The molecule has 0 saturated heterocycles. The smallest absolute Gasteiger partial charge is 0.212 e. The monoisotopic (exact) mass is 250 g/mol. The average molecular weight is 250 g/mol. The minimum Gasteiger partial charge on any atom is -0.481 e. The van der Waals surface area contributed by atoms with Crippen molar-refractivity contribution >= 4 is 16.5 Å². The second kappa shape index (κ2) is 5.58. The highest BCUT2D eigenvalue weighted by Crippen LogP contribution is 2.16. The SMILES string of the molecule is CCc1nnc(NCc2ccc(OC)nc2)s1. The molecule has 2 aromatic rings. The summed E-state index contributed by atoms with van der Waals surface area (Å²) in [6.07, 6.45) is 2.71. The van der Waals surface area contributed by atoms with Crippen LogP contribution in [0.2, 0.25) is 0 Å². The summed E-state index contributed by atoms with van der Waals surface area (Å²) >= 11 is 1.58. The minimum atomic E-state index is 0.623. The Morgan fingerprint density at radius 1 is 1.35 bits per heavy atom. The van der Waals surface area contributed by atoms with E-state index < -0.39 is 0 Å². The molecule has 0 unspecified atom stereocenters. The topological polar surface area (TPSA) is 59.9 Å². The van der Waals surface area contributed by atoms with Crippen LogP contribution in [0.4, 0.5) is 5.13 Å². The Hall–Kier alpha value is -1.69. The number of aromatic nitrogens is 3. The van der Waals surface area contributed by atoms with E-state index in [1.807, 2.05) is 12.1 Å². The summed E-state index contributed by atoms with van der Waals surface area (Å²) in [5, 5.41) is 13.2. The van der Waals surface area contributed by atoms with E-state index in [2.05, 4.69) is 27.4 Å². The molecule has 0 aliphatic carbocycles. The lowest BCUT2D eigenvalue weighted by molar-refractivity contribution is 0.397. The van der Waals surface area contributed by atoms with Crippen LogP contribution < -0.4 is 10.1 Å². The van der Waals surface area contributed by atoms with E-state index in [1.165, 1.54) is 0 Å². The molecule has 0 radical (unpaired) electrons. The molecule has 0 aliphatic rings. The molecule has 0 bridgehead atoms. The molecule has 2 rings (SSSR count). The van der Waals surface area contributed by atoms with Gasteiger partial charge in [0.05, 0.1) is 7.11 Å². The zero-order valence-electron chi connectivity index (χ0n) is 9.80. The number of pyridine rings is 1. The van der Waals surface area contributed by atoms with Crippen LogP contribution in [0.3, 0.4) is 0 Å². The summed E-state index contributed by atoms with van der Waals surface area (Å²) in [6, 6.07) is 3.81. The van der Waals surface area contributed by atoms with Gasteiger partial charge in [-0.2, -0.15) is 0 Å². The standard InChI is InChI=1S/C11H14N4OS/c1-3-10-14-15-11(17-10)13-7-8-4-5-9(16-2)12-6-8/h4-6H,3,7H2,1-2H3,(H,13,15). The van der Waals surface area contributed by atoms with Gasteiger partial charge in [-0.1, -0.05) is 24.3 Å². The van der Waals surface area contributed by atoms with Crippen LogP contribution in [0.5, 0.6) is 5.88 Å². The van der Waals surface area contributed by atoms with Gasteiger partial charge in [-0.15, -0.1) is 10.2 Å². The summed E-state index contributed by atoms with van der Waals surface area (Å²) in [5.41, 5.74) is 1.08. The van der Waals surface area contributed by atoms with Crippen molar-refractivity contribution in [1.82, 2.24) is 15.2 Å². The highest BCUT2D eigenvalue weighted by Gasteiger charge is 2.02. The van der Waals surface area contributed by atoms with E-state index in [-0.39, 0.29) is 0 Å². The second-order valence-corrected chi connectivity index (χ2v) is 4.48. The van der Waals surface area contributed by atoms with Crippen molar-refractivity contribution in [3.8, 4) is 5.88 Å². The van der Waals surface area contributed by atoms with E-state index in [0.29, 0.717) is 12.4 Å². The van der Waals surface area contributed by atoms with Gasteiger partial charge < -0.3 is 10.1 Å². The maximum absolute atomic E-state index is 5.00. The number of ether oxygens (including phenoxy) is 1. The molecular weight excluding hydrogens is 236 g/mol. The number of nitrogens with one attached hydrogen (secondary N) is 1. The van der Waals surface area contributed by atoms with Crippen molar-refractivity contribution in [2.45, 2.75) is 19.9 Å². The van der Waals surface area contributed by atoms with Crippen molar-refractivity contribution in [2.24, 2.45) is 0 Å². The van der Waals surface area contributed by atoms with Crippen molar-refractivity contribution in [1.29, 1.82) is 0 Å². The third-order valence-electron chi connectivity index (χ3n) is 2.22. The summed E-state index contributed by atoms with van der Waals surface area (Å²) in [4.78, 5) is 4.14. The quantitative estimate of drug-likeness (QED) is 0.880. The van der Waals surface area contributed by atoms with Crippen LogP contribution in [-0.2, 0) is 13.0 Å². The molecule has 0 aliphatic heterocycles. The van der Waals surface area contributed by atoms with E-state index in [0.717, 1.165) is 22.1 Å². The van der Waals surface area contributed by atoms with Crippen LogP contribution in [0.1, 0.15) is 17.5 Å². The maximum Gasteiger partial charge on any atom is 0.212 e. The summed E-state index contributed by atoms with van der Waals surface area (Å²) in [7, 11) is 1.60. The Kier molecular flexibility index (Phi) is 3.87. The van der Waals surface area contributed by atoms with Gasteiger partial charge in [-0.3, -0.25) is 0 Å². The summed E-state index contributed by atoms with van der Waals surface area (Å²) < 4.78 is 5.00. The average Bonchev–Trinajstić information content (AvgIpc) is 2.85. The summed E-state index contributed by atoms with van der Waals surface area (Å²) in [6.45, 7) is 2.76. The highest BCUT2D eigenvalue weighted by atomic mass is 32.1. The van der Waals surface area contributed by atoms with Crippen molar-refractivity contribution in [3.05, 3.63) is 28.9 Å². The molecule has 0 saturated carbocycles. The first-order chi connectivity index (χ1) is 8.31. The molecule has 0 aromatic carbocycles. The van der Waals surface area contributed by atoms with Crippen LogP contribution in [0, 0.1) is 0 Å². The van der Waals surface area contributed by atoms with Crippen LogP contribution >= 0.6 is 11.3 Å². The fourth-order valence-corrected chi connectivity index (χ4v) is 1.96. The lowest BCUT2D eigenvalue weighted by atomic mass is 10.3. The first-order valence-electron chi connectivity index (χ1n) is 5.37. The zero-order chi connectivity index (χ0) is 12.1. The molecule has 2 aromatic heterocycles. The lowest BCUT2D eigenvalue weighted by Gasteiger charge is -2.03. The fraction of sp³-hybridized carbons (Fsp3) is 0.364. The number of anilines is 1. The van der Waals surface area contributed by atoms with Crippen molar-refractivity contribution < 1.29 is 4.74 Å². The van der Waals surface area contributed by atoms with E-state index >= 15 is 0 Å². The van der Waals surface area contributed by atoms with Gasteiger partial charge in [0.2, 0.25) is 11.0 Å². The molecule has 2 heterocycles. The van der Waals surface area contributed by atoms with Gasteiger partial charge in [-0.05, 0) is 12.0 Å². The minimum absolute atomic E-state index is 0.623. The van der Waals surface area contributed by atoms with E-state index in [9.17, 15) is 0 Å². The predicted octanol–water partition coefficient (Wildman–Crippen LogP) is 2.12. The first-order valence-corrected chi connectivity index (χ1v) is 6.18. The Bertz CT molecular complexity index is 469. The fourth-order valence-electron chi connectivity index (χ4n) is 1.28. The maximum atomic E-state index is 5.00. The molecular formula is C11H14N4OS. The lowest BCUT2D eigenvalue weighted by Crippen LogP contribution is -1.99. The molecule has 17 heavy (non-hydrogen) atoms. The molecule has 6 heteroatoms. The van der Waals surface area contributed by atoms with Gasteiger partial charge in [-0.25, -0.2) is 4.98 Å². The number of hydrogen-bond donors (Lipinski definition) is 1. The third kappa shape index (κ3) is 3.13. The van der Waals surface area contributed by atoms with Gasteiger partial charge >= 0.3 is 0 Å². The number of nitrogens with zero attached hydrogens (tertiary/aromatic N) is 3. The first kappa shape index (κ1) is 11.8. The number of aryl methyl sites for hydroxylation is 1. The molecule has 0 amide bonds. The van der Waals surface area contributed by atoms with Crippen LogP contribution in [-0.4, -0.2) is 22.3 Å². The molecule has 5 nitrogen and oxygen atoms in total. The van der Waals surface area contributed by atoms with Gasteiger partial charge in [0.25, 0.3) is 0 Å². The Balaban J connectivity index is 1.92. The molecule has 0 atom stereocenters. The zero-order valence-corrected chi connectivity index (χ0v) is 10.6. The predicted molar refractivity (Wildman–Crippen MR) is 67.4 cm³/mol. The van der Waals surface area contributed by atoms with Gasteiger partial charge in [0, 0.05) is 18.8 Å². The molecule has 90 valence electrons. The number of hydrogen-bond acceptors (Lipinski definition) is 6. The van der Waals surface area contributed by atoms with Crippen LogP contribution in [0.25, 0.3) is 0 Å². The van der Waals surface area contributed by atoms with E-state index in [4.69, 9.17) is 4.74 Å². The second-order valence-electron chi connectivity index (χ2n) is 3.42. The third-order valence-corrected chi connectivity index (χ3v) is 3.25. The Morgan fingerprint density at radius 3 is 2.82 bits per heavy atom. The van der Waals surface area contributed by atoms with Crippen LogP contribution in [0.15, 0.2) is 18.3 Å². The largest absolute Gasteiger partial charge is 0.481 e. The van der Waals surface area contributed by atoms with Crippen molar-refractivity contribution in [2.75, 3.05) is 12.4 Å². The Morgan fingerprint density at radius 2 is 2.24 bits per heavy atom.